The van der Waals surface area contributed by atoms with Crippen LogP contribution in [0.5, 0.6) is 5.75 Å². The molecule has 1 aliphatic rings. The molecule has 100 valence electrons. The summed E-state index contributed by atoms with van der Waals surface area (Å²) in [7, 11) is 1.64. The average molecular weight is 250 g/mol. The maximum Gasteiger partial charge on any atom is 0.143 e. The zero-order valence-electron chi connectivity index (χ0n) is 10.9. The molecule has 0 aromatic heterocycles. The van der Waals surface area contributed by atoms with Gasteiger partial charge in [0.25, 0.3) is 0 Å². The fourth-order valence-electron chi connectivity index (χ4n) is 2.61. The second-order valence-electron chi connectivity index (χ2n) is 4.89. The summed E-state index contributed by atoms with van der Waals surface area (Å²) in [5.41, 5.74) is 7.66. The quantitative estimate of drug-likeness (QED) is 0.801. The Morgan fingerprint density at radius 1 is 1.50 bits per heavy atom. The lowest BCUT2D eigenvalue weighted by Crippen LogP contribution is -2.35. The molecule has 1 fully saturated rings. The smallest absolute Gasteiger partial charge is 0.143 e. The van der Waals surface area contributed by atoms with E-state index in [-0.39, 0.29) is 6.61 Å². The first-order valence-corrected chi connectivity index (χ1v) is 6.54. The summed E-state index contributed by atoms with van der Waals surface area (Å²) in [6, 6.07) is 5.93. The number of benzene rings is 1. The molecule has 1 atom stereocenters. The number of ether oxygens (including phenoxy) is 1. The molecule has 1 heterocycles. The number of hydrogen-bond acceptors (Lipinski definition) is 4. The normalized spacial score (nSPS) is 19.9. The third-order valence-corrected chi connectivity index (χ3v) is 3.64. The van der Waals surface area contributed by atoms with E-state index in [2.05, 4.69) is 4.90 Å². The van der Waals surface area contributed by atoms with Crippen molar-refractivity contribution in [2.45, 2.75) is 19.3 Å². The van der Waals surface area contributed by atoms with Gasteiger partial charge in [0.15, 0.2) is 0 Å². The highest BCUT2D eigenvalue weighted by molar-refractivity contribution is 5.62. The van der Waals surface area contributed by atoms with Gasteiger partial charge in [0.1, 0.15) is 5.75 Å². The highest BCUT2D eigenvalue weighted by atomic mass is 16.5. The van der Waals surface area contributed by atoms with E-state index in [0.29, 0.717) is 11.6 Å². The third kappa shape index (κ3) is 2.88. The SMILES string of the molecule is COc1cc(N2CCCC(CCO)C2)ccc1N. The molecule has 1 unspecified atom stereocenters. The lowest BCUT2D eigenvalue weighted by atomic mass is 9.95. The first-order chi connectivity index (χ1) is 8.74. The van der Waals surface area contributed by atoms with Crippen LogP contribution >= 0.6 is 0 Å². The molecule has 3 N–H and O–H groups in total. The highest BCUT2D eigenvalue weighted by Gasteiger charge is 2.20. The third-order valence-electron chi connectivity index (χ3n) is 3.64. The zero-order chi connectivity index (χ0) is 13.0. The van der Waals surface area contributed by atoms with Crippen LogP contribution in [0.4, 0.5) is 11.4 Å². The number of nitrogens with two attached hydrogens (primary N) is 1. The number of hydrogen-bond donors (Lipinski definition) is 2. The molecule has 1 aliphatic heterocycles. The maximum absolute atomic E-state index is 9.04. The zero-order valence-corrected chi connectivity index (χ0v) is 10.9. The fourth-order valence-corrected chi connectivity index (χ4v) is 2.61. The van der Waals surface area contributed by atoms with Crippen LogP contribution in [0, 0.1) is 5.92 Å². The molecule has 0 amide bonds. The van der Waals surface area contributed by atoms with Crippen LogP contribution < -0.4 is 15.4 Å². The van der Waals surface area contributed by atoms with Gasteiger partial charge in [0, 0.05) is 31.5 Å². The average Bonchev–Trinajstić information content (AvgIpc) is 2.40. The van der Waals surface area contributed by atoms with Crippen LogP contribution in [-0.2, 0) is 0 Å². The maximum atomic E-state index is 9.04. The summed E-state index contributed by atoms with van der Waals surface area (Å²) in [5, 5.41) is 9.04. The predicted molar refractivity (Wildman–Crippen MR) is 74.0 cm³/mol. The number of nitrogens with zero attached hydrogens (tertiary/aromatic N) is 1. The van der Waals surface area contributed by atoms with Crippen LogP contribution in [0.3, 0.4) is 0 Å². The van der Waals surface area contributed by atoms with Gasteiger partial charge >= 0.3 is 0 Å². The Bertz CT molecular complexity index is 393. The van der Waals surface area contributed by atoms with Crippen molar-refractivity contribution in [3.05, 3.63) is 18.2 Å². The van der Waals surface area contributed by atoms with Gasteiger partial charge < -0.3 is 20.5 Å². The molecule has 0 radical (unpaired) electrons. The molecule has 1 aromatic rings. The van der Waals surface area contributed by atoms with E-state index in [0.717, 1.165) is 30.9 Å². The lowest BCUT2D eigenvalue weighted by molar-refractivity contribution is 0.244. The van der Waals surface area contributed by atoms with Gasteiger partial charge in [-0.25, -0.2) is 0 Å². The van der Waals surface area contributed by atoms with Gasteiger partial charge in [-0.15, -0.1) is 0 Å². The number of aliphatic hydroxyl groups excluding tert-OH is 1. The Balaban J connectivity index is 2.10. The summed E-state index contributed by atoms with van der Waals surface area (Å²) >= 11 is 0. The minimum Gasteiger partial charge on any atom is -0.495 e. The molecule has 4 nitrogen and oxygen atoms in total. The summed E-state index contributed by atoms with van der Waals surface area (Å²) in [4.78, 5) is 2.35. The van der Waals surface area contributed by atoms with Crippen molar-refractivity contribution in [3.63, 3.8) is 0 Å². The summed E-state index contributed by atoms with van der Waals surface area (Å²) in [5.74, 6) is 1.32. The predicted octanol–water partition coefficient (Wildman–Crippen LogP) is 1.88. The molecule has 0 bridgehead atoms. The summed E-state index contributed by atoms with van der Waals surface area (Å²) in [6.45, 7) is 2.35. The van der Waals surface area contributed by atoms with Crippen molar-refractivity contribution in [1.29, 1.82) is 0 Å². The van der Waals surface area contributed by atoms with Gasteiger partial charge in [-0.3, -0.25) is 0 Å². The molecule has 0 spiro atoms. The van der Waals surface area contributed by atoms with Crippen molar-refractivity contribution < 1.29 is 9.84 Å². The van der Waals surface area contributed by atoms with E-state index in [9.17, 15) is 0 Å². The number of nitrogen functional groups attached to an aromatic ring is 1. The minimum atomic E-state index is 0.281. The van der Waals surface area contributed by atoms with Gasteiger partial charge in [-0.1, -0.05) is 0 Å². The highest BCUT2D eigenvalue weighted by Crippen LogP contribution is 2.30. The Morgan fingerprint density at radius 3 is 3.06 bits per heavy atom. The Labute approximate surface area is 108 Å². The fraction of sp³-hybridized carbons (Fsp3) is 0.571. The largest absolute Gasteiger partial charge is 0.495 e. The van der Waals surface area contributed by atoms with E-state index >= 15 is 0 Å². The van der Waals surface area contributed by atoms with Gasteiger partial charge in [0.05, 0.1) is 12.8 Å². The van der Waals surface area contributed by atoms with E-state index in [1.54, 1.807) is 7.11 Å². The molecular weight excluding hydrogens is 228 g/mol. The second kappa shape index (κ2) is 5.96. The van der Waals surface area contributed by atoms with Crippen molar-refractivity contribution >= 4 is 11.4 Å². The number of aliphatic hydroxyl groups is 1. The number of rotatable bonds is 4. The first-order valence-electron chi connectivity index (χ1n) is 6.54. The lowest BCUT2D eigenvalue weighted by Gasteiger charge is -2.34. The molecule has 0 saturated carbocycles. The van der Waals surface area contributed by atoms with Crippen LogP contribution in [0.1, 0.15) is 19.3 Å². The first kappa shape index (κ1) is 13.0. The van der Waals surface area contributed by atoms with Crippen LogP contribution in [0.25, 0.3) is 0 Å². The second-order valence-corrected chi connectivity index (χ2v) is 4.89. The molecule has 18 heavy (non-hydrogen) atoms. The monoisotopic (exact) mass is 250 g/mol. The van der Waals surface area contributed by atoms with Gasteiger partial charge in [-0.05, 0) is 37.3 Å². The van der Waals surface area contributed by atoms with Crippen LogP contribution in [0.2, 0.25) is 0 Å². The molecule has 1 saturated heterocycles. The Hall–Kier alpha value is -1.42. The Kier molecular flexibility index (Phi) is 4.31. The number of methoxy groups -OCH3 is 1. The summed E-state index contributed by atoms with van der Waals surface area (Å²) in [6.07, 6.45) is 3.28. The van der Waals surface area contributed by atoms with Crippen LogP contribution in [0.15, 0.2) is 18.2 Å². The van der Waals surface area contributed by atoms with Crippen LogP contribution in [-0.4, -0.2) is 31.9 Å². The van der Waals surface area contributed by atoms with Gasteiger partial charge in [-0.2, -0.15) is 0 Å². The standard InChI is InChI=1S/C14H22N2O2/c1-18-14-9-12(4-5-13(14)15)16-7-2-3-11(10-16)6-8-17/h4-5,9,11,17H,2-3,6-8,10,15H2,1H3. The summed E-state index contributed by atoms with van der Waals surface area (Å²) < 4.78 is 5.26. The number of piperidine rings is 1. The molecule has 0 aliphatic carbocycles. The van der Waals surface area contributed by atoms with Gasteiger partial charge in [0.2, 0.25) is 0 Å². The Morgan fingerprint density at radius 2 is 2.33 bits per heavy atom. The van der Waals surface area contributed by atoms with E-state index in [1.165, 1.54) is 12.8 Å². The van der Waals surface area contributed by atoms with E-state index in [4.69, 9.17) is 15.6 Å². The van der Waals surface area contributed by atoms with Crippen molar-refractivity contribution in [2.24, 2.45) is 5.92 Å². The molecule has 2 rings (SSSR count). The van der Waals surface area contributed by atoms with Crippen molar-refractivity contribution in [1.82, 2.24) is 0 Å². The molecule has 4 heteroatoms. The topological polar surface area (TPSA) is 58.7 Å². The van der Waals surface area contributed by atoms with E-state index < -0.39 is 0 Å². The van der Waals surface area contributed by atoms with E-state index in [1.807, 2.05) is 18.2 Å². The minimum absolute atomic E-state index is 0.281. The molecule has 1 aromatic carbocycles. The number of anilines is 2. The molecular formula is C14H22N2O2. The van der Waals surface area contributed by atoms with Crippen molar-refractivity contribution in [2.75, 3.05) is 37.4 Å². The van der Waals surface area contributed by atoms with Crippen molar-refractivity contribution in [3.8, 4) is 5.75 Å².